The van der Waals surface area contributed by atoms with Gasteiger partial charge in [0.05, 0.1) is 23.8 Å². The highest BCUT2D eigenvalue weighted by molar-refractivity contribution is 7.93. The van der Waals surface area contributed by atoms with E-state index in [0.717, 1.165) is 22.8 Å². The largest absolute Gasteiger partial charge is 0.497 e. The summed E-state index contributed by atoms with van der Waals surface area (Å²) in [4.78, 5) is 23.6. The molecule has 2 heterocycles. The van der Waals surface area contributed by atoms with E-state index in [1.165, 1.54) is 38.4 Å². The number of nitrogens with zero attached hydrogens (tertiary/aromatic N) is 1. The van der Waals surface area contributed by atoms with Crippen LogP contribution in [0.1, 0.15) is 10.4 Å². The van der Waals surface area contributed by atoms with Crippen LogP contribution in [-0.2, 0) is 14.8 Å². The molecule has 3 aromatic rings. The minimum atomic E-state index is -3.83. The highest BCUT2D eigenvalue weighted by Crippen LogP contribution is 2.34. The second kappa shape index (κ2) is 7.05. The average molecular weight is 409 g/mol. The summed E-state index contributed by atoms with van der Waals surface area (Å²) >= 11 is 1.07. The van der Waals surface area contributed by atoms with Crippen molar-refractivity contribution < 1.29 is 27.1 Å². The molecular formula is C17H15NO7S2. The molecule has 0 aliphatic rings. The maximum atomic E-state index is 12.8. The van der Waals surface area contributed by atoms with Crippen LogP contribution in [0.15, 0.2) is 50.5 Å². The van der Waals surface area contributed by atoms with E-state index in [2.05, 4.69) is 4.74 Å². The third-order valence-corrected chi connectivity index (χ3v) is 6.88. The highest BCUT2D eigenvalue weighted by Gasteiger charge is 2.24. The first-order valence-corrected chi connectivity index (χ1v) is 9.82. The molecule has 0 spiro atoms. The lowest BCUT2D eigenvalue weighted by Crippen LogP contribution is -2.25. The Morgan fingerprint density at radius 2 is 1.81 bits per heavy atom. The van der Waals surface area contributed by atoms with Crippen LogP contribution in [0.2, 0.25) is 0 Å². The van der Waals surface area contributed by atoms with Gasteiger partial charge in [0.15, 0.2) is 5.58 Å². The van der Waals surface area contributed by atoms with Gasteiger partial charge in [0, 0.05) is 13.1 Å². The van der Waals surface area contributed by atoms with E-state index in [-0.39, 0.29) is 16.0 Å². The van der Waals surface area contributed by atoms with Gasteiger partial charge in [0.1, 0.15) is 16.3 Å². The first kappa shape index (κ1) is 18.9. The SMILES string of the molecule is COC(=O)c1cc2sc(N(C)S(=O)(=O)c3ccc(OC)cc3)cc2oc1=O. The molecule has 0 amide bonds. The lowest BCUT2D eigenvalue weighted by Gasteiger charge is -2.17. The number of fused-ring (bicyclic) bond motifs is 1. The van der Waals surface area contributed by atoms with Gasteiger partial charge in [-0.2, -0.15) is 0 Å². The lowest BCUT2D eigenvalue weighted by molar-refractivity contribution is 0.0596. The number of hydrogen-bond donors (Lipinski definition) is 0. The van der Waals surface area contributed by atoms with Crippen LogP contribution >= 0.6 is 11.3 Å². The first-order valence-electron chi connectivity index (χ1n) is 7.57. The van der Waals surface area contributed by atoms with Crippen molar-refractivity contribution in [3.8, 4) is 5.75 Å². The van der Waals surface area contributed by atoms with E-state index in [1.54, 1.807) is 12.1 Å². The van der Waals surface area contributed by atoms with Crippen LogP contribution in [0.5, 0.6) is 5.75 Å². The Morgan fingerprint density at radius 1 is 1.15 bits per heavy atom. The van der Waals surface area contributed by atoms with Crippen molar-refractivity contribution in [3.05, 3.63) is 52.4 Å². The van der Waals surface area contributed by atoms with Crippen LogP contribution in [-0.4, -0.2) is 35.7 Å². The summed E-state index contributed by atoms with van der Waals surface area (Å²) in [6.45, 7) is 0. The van der Waals surface area contributed by atoms with Crippen molar-refractivity contribution in [3.63, 3.8) is 0 Å². The first-order chi connectivity index (χ1) is 12.8. The smallest absolute Gasteiger partial charge is 0.351 e. The number of benzene rings is 1. The van der Waals surface area contributed by atoms with Crippen molar-refractivity contribution in [2.24, 2.45) is 0 Å². The summed E-state index contributed by atoms with van der Waals surface area (Å²) in [5.74, 6) is -0.282. The summed E-state index contributed by atoms with van der Waals surface area (Å²) in [6.07, 6.45) is 0. The summed E-state index contributed by atoms with van der Waals surface area (Å²) < 4.78 is 41.9. The topological polar surface area (TPSA) is 103 Å². The summed E-state index contributed by atoms with van der Waals surface area (Å²) in [5, 5.41) is 0.325. The number of carbonyl (C=O) groups excluding carboxylic acids is 1. The number of sulfonamides is 1. The zero-order chi connectivity index (χ0) is 19.8. The quantitative estimate of drug-likeness (QED) is 0.596. The molecular weight excluding hydrogens is 394 g/mol. The summed E-state index contributed by atoms with van der Waals surface area (Å²) in [7, 11) is 0.206. The average Bonchev–Trinajstić information content (AvgIpc) is 3.08. The fraction of sp³-hybridized carbons (Fsp3) is 0.176. The van der Waals surface area contributed by atoms with Gasteiger partial charge in [-0.05, 0) is 30.3 Å². The molecule has 0 aliphatic heterocycles. The van der Waals surface area contributed by atoms with Gasteiger partial charge in [-0.25, -0.2) is 18.0 Å². The fourth-order valence-electron chi connectivity index (χ4n) is 2.33. The molecule has 0 aliphatic carbocycles. The van der Waals surface area contributed by atoms with Crippen molar-refractivity contribution in [1.29, 1.82) is 0 Å². The molecule has 0 fully saturated rings. The van der Waals surface area contributed by atoms with E-state index in [0.29, 0.717) is 15.5 Å². The number of methoxy groups -OCH3 is 2. The van der Waals surface area contributed by atoms with Crippen molar-refractivity contribution in [1.82, 2.24) is 0 Å². The lowest BCUT2D eigenvalue weighted by atomic mass is 10.3. The number of esters is 1. The molecule has 0 atom stereocenters. The number of thiophene rings is 1. The molecule has 0 N–H and O–H groups in total. The summed E-state index contributed by atoms with van der Waals surface area (Å²) in [5.41, 5.74) is -0.914. The van der Waals surface area contributed by atoms with E-state index >= 15 is 0 Å². The van der Waals surface area contributed by atoms with Crippen LogP contribution < -0.4 is 14.7 Å². The number of hydrogen-bond acceptors (Lipinski definition) is 8. The monoisotopic (exact) mass is 409 g/mol. The normalized spacial score (nSPS) is 11.4. The second-order valence-electron chi connectivity index (χ2n) is 5.40. The van der Waals surface area contributed by atoms with Crippen LogP contribution in [0.4, 0.5) is 5.00 Å². The van der Waals surface area contributed by atoms with Crippen molar-refractivity contribution >= 4 is 42.6 Å². The Hall–Kier alpha value is -2.85. The van der Waals surface area contributed by atoms with Crippen molar-refractivity contribution in [2.75, 3.05) is 25.6 Å². The maximum absolute atomic E-state index is 12.8. The van der Waals surface area contributed by atoms with Crippen LogP contribution in [0, 0.1) is 0 Å². The predicted octanol–water partition coefficient (Wildman–Crippen LogP) is 2.47. The number of rotatable bonds is 5. The van der Waals surface area contributed by atoms with Gasteiger partial charge >= 0.3 is 11.6 Å². The molecule has 142 valence electrons. The standard InChI is InChI=1S/C17H15NO7S2/c1-18(27(21,22)11-6-4-10(23-2)5-7-11)15-9-13-14(26-15)8-12(16(19)24-3)17(20)25-13/h4-9H,1-3H3. The molecule has 1 aromatic carbocycles. The maximum Gasteiger partial charge on any atom is 0.351 e. The zero-order valence-electron chi connectivity index (χ0n) is 14.6. The Labute approximate surface area is 158 Å². The third kappa shape index (κ3) is 3.40. The Kier molecular flexibility index (Phi) is 4.94. The molecule has 0 unspecified atom stereocenters. The predicted molar refractivity (Wildman–Crippen MR) is 100 cm³/mol. The number of ether oxygens (including phenoxy) is 2. The van der Waals surface area contributed by atoms with E-state index in [9.17, 15) is 18.0 Å². The Morgan fingerprint density at radius 3 is 2.41 bits per heavy atom. The molecule has 0 saturated heterocycles. The highest BCUT2D eigenvalue weighted by atomic mass is 32.2. The van der Waals surface area contributed by atoms with Crippen LogP contribution in [0.3, 0.4) is 0 Å². The van der Waals surface area contributed by atoms with Gasteiger partial charge in [-0.3, -0.25) is 4.31 Å². The van der Waals surface area contributed by atoms with Gasteiger partial charge in [0.2, 0.25) is 0 Å². The minimum Gasteiger partial charge on any atom is -0.497 e. The molecule has 2 aromatic heterocycles. The van der Waals surface area contributed by atoms with Gasteiger partial charge in [-0.15, -0.1) is 11.3 Å². The van der Waals surface area contributed by atoms with Crippen LogP contribution in [0.25, 0.3) is 10.3 Å². The molecule has 0 radical (unpaired) electrons. The molecule has 8 nitrogen and oxygen atoms in total. The fourth-order valence-corrected chi connectivity index (χ4v) is 4.72. The number of carbonyl (C=O) groups is 1. The summed E-state index contributed by atoms with van der Waals surface area (Å²) in [6, 6.07) is 8.74. The Bertz CT molecular complexity index is 1160. The van der Waals surface area contributed by atoms with Gasteiger partial charge in [-0.1, -0.05) is 0 Å². The molecule has 3 rings (SSSR count). The van der Waals surface area contributed by atoms with Gasteiger partial charge in [0.25, 0.3) is 10.0 Å². The van der Waals surface area contributed by atoms with Gasteiger partial charge < -0.3 is 13.9 Å². The molecule has 0 saturated carbocycles. The molecule has 27 heavy (non-hydrogen) atoms. The van der Waals surface area contributed by atoms with E-state index in [1.807, 2.05) is 0 Å². The van der Waals surface area contributed by atoms with E-state index < -0.39 is 21.6 Å². The Balaban J connectivity index is 2.03. The molecule has 10 heteroatoms. The second-order valence-corrected chi connectivity index (χ2v) is 8.43. The zero-order valence-corrected chi connectivity index (χ0v) is 16.2. The van der Waals surface area contributed by atoms with Crippen molar-refractivity contribution in [2.45, 2.75) is 4.90 Å². The number of anilines is 1. The minimum absolute atomic E-state index is 0.0833. The third-order valence-electron chi connectivity index (χ3n) is 3.84. The van der Waals surface area contributed by atoms with E-state index in [4.69, 9.17) is 9.15 Å². The molecule has 0 bridgehead atoms.